The van der Waals surface area contributed by atoms with Crippen LogP contribution in [0.15, 0.2) is 49.1 Å². The first-order valence-corrected chi connectivity index (χ1v) is 7.87. The highest BCUT2D eigenvalue weighted by molar-refractivity contribution is 5.49. The third-order valence-electron chi connectivity index (χ3n) is 4.79. The smallest absolute Gasteiger partial charge is 0.180 e. The Morgan fingerprint density at radius 3 is 2.87 bits per heavy atom. The van der Waals surface area contributed by atoms with E-state index in [2.05, 4.69) is 32.2 Å². The third kappa shape index (κ3) is 2.35. The molecule has 6 nitrogen and oxygen atoms in total. The van der Waals surface area contributed by atoms with Gasteiger partial charge in [-0.2, -0.15) is 0 Å². The Morgan fingerprint density at radius 2 is 2.04 bits per heavy atom. The van der Waals surface area contributed by atoms with Gasteiger partial charge in [-0.15, -0.1) is 10.2 Å². The number of anilines is 1. The molecule has 1 saturated heterocycles. The number of fused-ring (bicyclic) bond motifs is 1. The summed E-state index contributed by atoms with van der Waals surface area (Å²) in [5.74, 6) is 0.973. The average molecular weight is 309 g/mol. The van der Waals surface area contributed by atoms with Crippen molar-refractivity contribution in [2.45, 2.75) is 18.3 Å². The van der Waals surface area contributed by atoms with Crippen LogP contribution in [0.3, 0.4) is 0 Å². The highest BCUT2D eigenvalue weighted by Gasteiger charge is 2.37. The van der Waals surface area contributed by atoms with Crippen LogP contribution in [0.5, 0.6) is 0 Å². The predicted octanol–water partition coefficient (Wildman–Crippen LogP) is 1.65. The minimum Gasteiger partial charge on any atom is -0.395 e. The van der Waals surface area contributed by atoms with Gasteiger partial charge in [-0.05, 0) is 18.4 Å². The number of nitrogens with zero attached hydrogens (tertiary/aromatic N) is 5. The first-order chi connectivity index (χ1) is 11.3. The summed E-state index contributed by atoms with van der Waals surface area (Å²) in [4.78, 5) is 6.55. The van der Waals surface area contributed by atoms with E-state index in [-0.39, 0.29) is 12.0 Å². The van der Waals surface area contributed by atoms with Crippen LogP contribution in [-0.2, 0) is 5.41 Å². The fourth-order valence-electron chi connectivity index (χ4n) is 3.55. The van der Waals surface area contributed by atoms with E-state index < -0.39 is 0 Å². The topological polar surface area (TPSA) is 66.5 Å². The van der Waals surface area contributed by atoms with Crippen molar-refractivity contribution in [1.29, 1.82) is 0 Å². The second-order valence-electron chi connectivity index (χ2n) is 6.15. The molecule has 3 aromatic rings. The van der Waals surface area contributed by atoms with Crippen LogP contribution in [-0.4, -0.2) is 44.4 Å². The van der Waals surface area contributed by atoms with Gasteiger partial charge in [0.25, 0.3) is 0 Å². The highest BCUT2D eigenvalue weighted by Crippen LogP contribution is 2.35. The molecule has 1 unspecified atom stereocenters. The van der Waals surface area contributed by atoms with E-state index in [1.165, 1.54) is 5.56 Å². The number of aliphatic hydroxyl groups is 1. The van der Waals surface area contributed by atoms with Crippen molar-refractivity contribution in [3.63, 3.8) is 0 Å². The zero-order chi connectivity index (χ0) is 15.7. The summed E-state index contributed by atoms with van der Waals surface area (Å²) in [7, 11) is 0. The minimum absolute atomic E-state index is 0.138. The molecular weight excluding hydrogens is 290 g/mol. The lowest BCUT2D eigenvalue weighted by molar-refractivity contribution is 0.172. The summed E-state index contributed by atoms with van der Waals surface area (Å²) >= 11 is 0. The van der Waals surface area contributed by atoms with Crippen molar-refractivity contribution in [3.8, 4) is 0 Å². The summed E-state index contributed by atoms with van der Waals surface area (Å²) < 4.78 is 1.95. The van der Waals surface area contributed by atoms with Gasteiger partial charge in [-0.25, -0.2) is 0 Å². The van der Waals surface area contributed by atoms with Crippen LogP contribution in [0.4, 0.5) is 5.82 Å². The van der Waals surface area contributed by atoms with Crippen LogP contribution >= 0.6 is 0 Å². The van der Waals surface area contributed by atoms with Gasteiger partial charge in [-0.3, -0.25) is 9.38 Å². The fourth-order valence-corrected chi connectivity index (χ4v) is 3.55. The second-order valence-corrected chi connectivity index (χ2v) is 6.15. The van der Waals surface area contributed by atoms with Crippen LogP contribution in [0, 0.1) is 0 Å². The number of aliphatic hydroxyl groups excluding tert-OH is 1. The second kappa shape index (κ2) is 5.62. The third-order valence-corrected chi connectivity index (χ3v) is 4.79. The lowest BCUT2D eigenvalue weighted by Crippen LogP contribution is -2.49. The molecule has 1 aliphatic rings. The standard InChI is InChI=1S/C17H19N5O/c23-12-17(14-5-2-1-3-6-14)7-4-8-21(11-17)16-10-18-9-15-20-19-13-22(15)16/h1-3,5-6,9-10,13,23H,4,7-8,11-12H2. The molecule has 0 radical (unpaired) electrons. The van der Waals surface area contributed by atoms with Crippen molar-refractivity contribution in [2.24, 2.45) is 0 Å². The molecule has 0 aliphatic carbocycles. The number of rotatable bonds is 3. The Balaban J connectivity index is 1.73. The first kappa shape index (κ1) is 14.1. The Morgan fingerprint density at radius 1 is 1.17 bits per heavy atom. The molecule has 1 aromatic carbocycles. The lowest BCUT2D eigenvalue weighted by Gasteiger charge is -2.43. The van der Waals surface area contributed by atoms with E-state index in [1.54, 1.807) is 12.5 Å². The van der Waals surface area contributed by atoms with E-state index in [4.69, 9.17) is 0 Å². The van der Waals surface area contributed by atoms with E-state index in [9.17, 15) is 5.11 Å². The van der Waals surface area contributed by atoms with Gasteiger partial charge in [-0.1, -0.05) is 30.3 Å². The van der Waals surface area contributed by atoms with E-state index in [0.29, 0.717) is 0 Å². The zero-order valence-electron chi connectivity index (χ0n) is 12.8. The summed E-state index contributed by atoms with van der Waals surface area (Å²) in [5, 5.41) is 18.2. The Bertz CT molecular complexity index is 803. The molecule has 3 heterocycles. The van der Waals surface area contributed by atoms with Gasteiger partial charge in [0.15, 0.2) is 5.65 Å². The van der Waals surface area contributed by atoms with Crippen molar-refractivity contribution >= 4 is 11.5 Å². The summed E-state index contributed by atoms with van der Waals surface area (Å²) in [6, 6.07) is 10.3. The largest absolute Gasteiger partial charge is 0.395 e. The number of hydrogen-bond acceptors (Lipinski definition) is 5. The van der Waals surface area contributed by atoms with Gasteiger partial charge in [0.1, 0.15) is 12.1 Å². The Kier molecular flexibility index (Phi) is 3.46. The predicted molar refractivity (Wildman–Crippen MR) is 87.4 cm³/mol. The molecule has 4 rings (SSSR count). The lowest BCUT2D eigenvalue weighted by atomic mass is 9.75. The van der Waals surface area contributed by atoms with E-state index in [0.717, 1.165) is 37.4 Å². The first-order valence-electron chi connectivity index (χ1n) is 7.87. The molecule has 23 heavy (non-hydrogen) atoms. The number of hydrogen-bond donors (Lipinski definition) is 1. The molecule has 1 fully saturated rings. The van der Waals surface area contributed by atoms with Crippen LogP contribution in [0.25, 0.3) is 5.65 Å². The van der Waals surface area contributed by atoms with Crippen molar-refractivity contribution in [1.82, 2.24) is 19.6 Å². The molecular formula is C17H19N5O. The van der Waals surface area contributed by atoms with Gasteiger partial charge in [0, 0.05) is 18.5 Å². The number of piperidine rings is 1. The Hall–Kier alpha value is -2.47. The Labute approximate surface area is 134 Å². The van der Waals surface area contributed by atoms with E-state index in [1.807, 2.05) is 28.8 Å². The van der Waals surface area contributed by atoms with Gasteiger partial charge in [0.2, 0.25) is 0 Å². The van der Waals surface area contributed by atoms with Crippen LogP contribution in [0.2, 0.25) is 0 Å². The average Bonchev–Trinajstić information content (AvgIpc) is 3.11. The van der Waals surface area contributed by atoms with Gasteiger partial charge in [0.05, 0.1) is 19.0 Å². The van der Waals surface area contributed by atoms with E-state index >= 15 is 0 Å². The summed E-state index contributed by atoms with van der Waals surface area (Å²) in [5.41, 5.74) is 1.69. The van der Waals surface area contributed by atoms with Crippen molar-refractivity contribution in [2.75, 3.05) is 24.6 Å². The highest BCUT2D eigenvalue weighted by atomic mass is 16.3. The molecule has 1 aliphatic heterocycles. The van der Waals surface area contributed by atoms with Crippen LogP contribution < -0.4 is 4.90 Å². The van der Waals surface area contributed by atoms with Crippen molar-refractivity contribution < 1.29 is 5.11 Å². The summed E-state index contributed by atoms with van der Waals surface area (Å²) in [6.45, 7) is 1.83. The number of aromatic nitrogens is 4. The van der Waals surface area contributed by atoms with Crippen LogP contribution in [0.1, 0.15) is 18.4 Å². The maximum Gasteiger partial charge on any atom is 0.180 e. The maximum absolute atomic E-state index is 10.2. The number of benzene rings is 1. The SMILES string of the molecule is OCC1(c2ccccc2)CCCN(c2cncc3nncn23)C1. The molecule has 0 amide bonds. The quantitative estimate of drug-likeness (QED) is 0.797. The molecule has 118 valence electrons. The molecule has 0 spiro atoms. The molecule has 2 aromatic heterocycles. The molecule has 1 N–H and O–H groups in total. The molecule has 0 saturated carbocycles. The van der Waals surface area contributed by atoms with Crippen molar-refractivity contribution in [3.05, 3.63) is 54.6 Å². The molecule has 6 heteroatoms. The molecule has 1 atom stereocenters. The van der Waals surface area contributed by atoms with Gasteiger partial charge < -0.3 is 10.0 Å². The monoisotopic (exact) mass is 309 g/mol. The minimum atomic E-state index is -0.240. The maximum atomic E-state index is 10.2. The molecule has 0 bridgehead atoms. The van der Waals surface area contributed by atoms with Gasteiger partial charge >= 0.3 is 0 Å². The fraction of sp³-hybridized carbons (Fsp3) is 0.353. The normalized spacial score (nSPS) is 21.7. The summed E-state index contributed by atoms with van der Waals surface area (Å²) in [6.07, 6.45) is 7.26. The zero-order valence-corrected chi connectivity index (χ0v) is 12.8.